The fourth-order valence-corrected chi connectivity index (χ4v) is 9.17. The van der Waals surface area contributed by atoms with Gasteiger partial charge in [-0.15, -0.1) is 0 Å². The molecule has 0 radical (unpaired) electrons. The molecule has 0 spiro atoms. The van der Waals surface area contributed by atoms with Crippen LogP contribution in [-0.2, 0) is 18.9 Å². The van der Waals surface area contributed by atoms with E-state index in [1.165, 1.54) is 99.9 Å². The molecule has 0 N–H and O–H groups in total. The molecule has 0 unspecified atom stereocenters. The number of hydrogen-bond donors (Lipinski definition) is 0. The van der Waals surface area contributed by atoms with Gasteiger partial charge in [0, 0.05) is 37.3 Å². The number of unbranched alkanes of at least 4 members (excludes halogenated alkanes) is 10. The molecule has 88 heavy (non-hydrogen) atoms. The van der Waals surface area contributed by atoms with Gasteiger partial charge in [-0.3, -0.25) is 9.59 Å². The first-order chi connectivity index (χ1) is 43.1. The van der Waals surface area contributed by atoms with E-state index in [9.17, 15) is 28.8 Å². The van der Waals surface area contributed by atoms with Crippen LogP contribution in [0.4, 0.5) is 0 Å². The van der Waals surface area contributed by atoms with Gasteiger partial charge in [-0.25, -0.2) is 19.2 Å². The molecular formula is C70H82N2O16. The van der Waals surface area contributed by atoms with Gasteiger partial charge in [0.2, 0.25) is 0 Å². The van der Waals surface area contributed by atoms with E-state index >= 15 is 0 Å². The molecule has 468 valence electrons. The maximum Gasteiger partial charge on any atom is 0.343 e. The zero-order valence-corrected chi connectivity index (χ0v) is 50.7. The summed E-state index contributed by atoms with van der Waals surface area (Å²) < 4.78 is 57.2. The fourth-order valence-electron chi connectivity index (χ4n) is 9.17. The normalized spacial score (nSPS) is 13.7. The third kappa shape index (κ3) is 23.4. The van der Waals surface area contributed by atoms with Crippen molar-refractivity contribution in [2.24, 2.45) is 0 Å². The fraction of sp³-hybridized carbons (Fsp3) is 0.400. The topological polar surface area (TPSA) is 201 Å². The third-order valence-electron chi connectivity index (χ3n) is 14.3. The number of nitrogens with zero attached hydrogens (tertiary/aromatic N) is 2. The van der Waals surface area contributed by atoms with Crippen molar-refractivity contribution < 1.29 is 76.1 Å². The molecule has 18 nitrogen and oxygen atoms in total. The second-order valence-corrected chi connectivity index (χ2v) is 21.0. The van der Waals surface area contributed by atoms with E-state index in [1.807, 2.05) is 0 Å². The Kier molecular flexibility index (Phi) is 29.0. The Bertz CT molecular complexity index is 2830. The molecule has 1 saturated heterocycles. The largest absolute Gasteiger partial charge is 0.494 e. The summed E-state index contributed by atoms with van der Waals surface area (Å²) in [4.78, 5) is 82.5. The van der Waals surface area contributed by atoms with Crippen molar-refractivity contribution in [3.8, 4) is 34.5 Å². The standard InChI is InChI=1S/C70H82N2O16/c1-3-5-7-9-11-13-43-83-59-27-19-55(20-28-59)67(75)87-63-35-23-57(24-36-63)69(77)85-61-31-15-53(16-32-61)65(73)71-39-45-79-49-51-81-47-41-72(42-48-82-52-50-80-46-40-71)66(74)54-17-33-62(34-18-54)86-70(78)58-25-37-64(38-26-58)88-68(76)56-21-29-60(30-22-56)84-44-14-12-10-8-6-4-2/h15-38H,3-14,39-52H2,1-2H3. The van der Waals surface area contributed by atoms with Gasteiger partial charge in [0.1, 0.15) is 34.5 Å². The Hall–Kier alpha value is -8.42. The number of carbonyl (C=O) groups excluding carboxylic acids is 6. The zero-order chi connectivity index (χ0) is 62.0. The molecule has 2 amide bonds. The molecule has 1 aliphatic heterocycles. The maximum atomic E-state index is 13.7. The number of ether oxygens (including phenoxy) is 10. The minimum atomic E-state index is -0.633. The molecule has 0 atom stereocenters. The Morgan fingerprint density at radius 3 is 0.784 bits per heavy atom. The van der Waals surface area contributed by atoms with Gasteiger partial charge >= 0.3 is 23.9 Å². The highest BCUT2D eigenvalue weighted by atomic mass is 16.6. The number of rotatable bonds is 26. The van der Waals surface area contributed by atoms with Gasteiger partial charge in [-0.2, -0.15) is 0 Å². The molecule has 1 fully saturated rings. The van der Waals surface area contributed by atoms with Crippen molar-refractivity contribution in [2.45, 2.75) is 90.9 Å². The quantitative estimate of drug-likeness (QED) is 0.0282. The van der Waals surface area contributed by atoms with Gasteiger partial charge < -0.3 is 57.2 Å². The molecule has 0 aromatic heterocycles. The van der Waals surface area contributed by atoms with E-state index in [0.29, 0.717) is 47.0 Å². The molecule has 7 rings (SSSR count). The molecule has 18 heteroatoms. The van der Waals surface area contributed by atoms with Crippen molar-refractivity contribution in [1.82, 2.24) is 9.80 Å². The minimum absolute atomic E-state index is 0.222. The van der Waals surface area contributed by atoms with Crippen molar-refractivity contribution in [2.75, 3.05) is 92.2 Å². The summed E-state index contributed by atoms with van der Waals surface area (Å²) in [5, 5.41) is 0. The SMILES string of the molecule is CCCCCCCCOc1ccc(C(=O)Oc2ccc(C(=O)Oc3ccc(C(=O)N4CCOCCOCCN(C(=O)c5ccc(OC(=O)c6ccc(OC(=O)c7ccc(OCCCCCCCC)cc7)cc6)cc5)CCOCCOCC4)cc3)cc2)cc1. The summed E-state index contributed by atoms with van der Waals surface area (Å²) in [6.07, 6.45) is 14.1. The van der Waals surface area contributed by atoms with Crippen LogP contribution in [-0.4, -0.2) is 138 Å². The van der Waals surface area contributed by atoms with Crippen LogP contribution in [0.2, 0.25) is 0 Å². The van der Waals surface area contributed by atoms with E-state index in [4.69, 9.17) is 47.4 Å². The lowest BCUT2D eigenvalue weighted by Crippen LogP contribution is -2.38. The molecule has 0 aliphatic carbocycles. The first-order valence-electron chi connectivity index (χ1n) is 30.7. The average molecular weight is 1210 g/mol. The summed E-state index contributed by atoms with van der Waals surface area (Å²) in [5.41, 5.74) is 1.94. The van der Waals surface area contributed by atoms with Crippen LogP contribution in [0.15, 0.2) is 146 Å². The lowest BCUT2D eigenvalue weighted by molar-refractivity contribution is 0.00889. The predicted molar refractivity (Wildman–Crippen MR) is 331 cm³/mol. The van der Waals surface area contributed by atoms with Crippen LogP contribution in [0.3, 0.4) is 0 Å². The Morgan fingerprint density at radius 1 is 0.295 bits per heavy atom. The number of benzene rings is 6. The van der Waals surface area contributed by atoms with Crippen LogP contribution in [0.5, 0.6) is 34.5 Å². The summed E-state index contributed by atoms with van der Waals surface area (Å²) in [6.45, 7) is 8.58. The molecular weight excluding hydrogens is 1120 g/mol. The monoisotopic (exact) mass is 1210 g/mol. The van der Waals surface area contributed by atoms with Gasteiger partial charge in [-0.1, -0.05) is 78.1 Å². The van der Waals surface area contributed by atoms with E-state index < -0.39 is 23.9 Å². The predicted octanol–water partition coefficient (Wildman–Crippen LogP) is 12.7. The highest BCUT2D eigenvalue weighted by Crippen LogP contribution is 2.23. The summed E-state index contributed by atoms with van der Waals surface area (Å²) in [6, 6.07) is 38.2. The van der Waals surface area contributed by atoms with E-state index in [1.54, 1.807) is 107 Å². The number of amides is 2. The zero-order valence-electron chi connectivity index (χ0n) is 50.7. The maximum absolute atomic E-state index is 13.7. The summed E-state index contributed by atoms with van der Waals surface area (Å²) in [5.74, 6) is -0.523. The number of esters is 4. The molecule has 6 aromatic carbocycles. The average Bonchev–Trinajstić information content (AvgIpc) is 3.66. The van der Waals surface area contributed by atoms with Gasteiger partial charge in [0.15, 0.2) is 0 Å². The molecule has 0 bridgehead atoms. The molecule has 0 saturated carbocycles. The lowest BCUT2D eigenvalue weighted by atomic mass is 10.1. The van der Waals surface area contributed by atoms with Gasteiger partial charge in [0.05, 0.1) is 88.3 Å². The first-order valence-corrected chi connectivity index (χ1v) is 30.7. The second kappa shape index (κ2) is 38.0. The smallest absolute Gasteiger partial charge is 0.343 e. The van der Waals surface area contributed by atoms with Crippen LogP contribution in [0.25, 0.3) is 0 Å². The van der Waals surface area contributed by atoms with Crippen LogP contribution in [0.1, 0.15) is 153 Å². The van der Waals surface area contributed by atoms with Crippen molar-refractivity contribution in [3.05, 3.63) is 179 Å². The Balaban J connectivity index is 0.791. The molecule has 1 aliphatic rings. The highest BCUT2D eigenvalue weighted by molar-refractivity contribution is 5.96. The number of hydrogen-bond acceptors (Lipinski definition) is 16. The van der Waals surface area contributed by atoms with Crippen LogP contribution >= 0.6 is 0 Å². The van der Waals surface area contributed by atoms with Crippen molar-refractivity contribution in [3.63, 3.8) is 0 Å². The summed E-state index contributed by atoms with van der Waals surface area (Å²) >= 11 is 0. The molecule has 1 heterocycles. The van der Waals surface area contributed by atoms with Gasteiger partial charge in [-0.05, 0) is 158 Å². The van der Waals surface area contributed by atoms with E-state index in [-0.39, 0.29) is 125 Å². The van der Waals surface area contributed by atoms with E-state index in [2.05, 4.69) is 13.8 Å². The second-order valence-electron chi connectivity index (χ2n) is 21.0. The van der Waals surface area contributed by atoms with Gasteiger partial charge in [0.25, 0.3) is 11.8 Å². The Morgan fingerprint density at radius 2 is 0.523 bits per heavy atom. The minimum Gasteiger partial charge on any atom is -0.494 e. The van der Waals surface area contributed by atoms with Crippen LogP contribution < -0.4 is 28.4 Å². The first kappa shape index (κ1) is 67.1. The molecule has 6 aromatic rings. The Labute approximate surface area is 516 Å². The highest BCUT2D eigenvalue weighted by Gasteiger charge is 2.20. The van der Waals surface area contributed by atoms with Crippen molar-refractivity contribution >= 4 is 35.7 Å². The lowest BCUT2D eigenvalue weighted by Gasteiger charge is -2.24. The van der Waals surface area contributed by atoms with Crippen molar-refractivity contribution in [1.29, 1.82) is 0 Å². The van der Waals surface area contributed by atoms with E-state index in [0.717, 1.165) is 25.7 Å². The third-order valence-corrected chi connectivity index (χ3v) is 14.3. The number of carbonyl (C=O) groups is 6. The van der Waals surface area contributed by atoms with Crippen LogP contribution in [0, 0.1) is 0 Å². The summed E-state index contributed by atoms with van der Waals surface area (Å²) in [7, 11) is 0.